The summed E-state index contributed by atoms with van der Waals surface area (Å²) in [6.07, 6.45) is 0.192. The fraction of sp³-hybridized carbons (Fsp3) is 0.316. The Morgan fingerprint density at radius 2 is 2.07 bits per heavy atom. The van der Waals surface area contributed by atoms with Crippen LogP contribution in [0.4, 0.5) is 15.8 Å². The Morgan fingerprint density at radius 3 is 2.82 bits per heavy atom. The van der Waals surface area contributed by atoms with Crippen LogP contribution in [-0.4, -0.2) is 41.9 Å². The highest BCUT2D eigenvalue weighted by Gasteiger charge is 2.27. The first-order chi connectivity index (χ1) is 13.1. The van der Waals surface area contributed by atoms with Gasteiger partial charge in [-0.15, -0.1) is 12.4 Å². The number of nitrogens with one attached hydrogen (secondary N) is 2. The molecule has 1 amide bonds. The number of para-hydroxylation sites is 2. The Kier molecular flexibility index (Phi) is 7.71. The second-order valence-corrected chi connectivity index (χ2v) is 6.31. The number of carbonyl (C=O) groups is 1. The zero-order chi connectivity index (χ0) is 19.2. The number of benzene rings is 2. The van der Waals surface area contributed by atoms with Crippen molar-refractivity contribution in [3.8, 4) is 0 Å². The summed E-state index contributed by atoms with van der Waals surface area (Å²) < 4.78 is 13.6. The Balaban J connectivity index is 0.00000280. The van der Waals surface area contributed by atoms with E-state index in [1.54, 1.807) is 29.2 Å². The van der Waals surface area contributed by atoms with Gasteiger partial charge in [-0.1, -0.05) is 24.3 Å². The Hall–Kier alpha value is -2.71. The number of piperazine rings is 1. The quantitative estimate of drug-likeness (QED) is 0.566. The monoisotopic (exact) mass is 408 g/mol. The average molecular weight is 409 g/mol. The van der Waals surface area contributed by atoms with Crippen LogP contribution in [0, 0.1) is 15.9 Å². The minimum atomic E-state index is -0.458. The van der Waals surface area contributed by atoms with Crippen LogP contribution in [0.3, 0.4) is 0 Å². The van der Waals surface area contributed by atoms with Crippen molar-refractivity contribution in [1.82, 2.24) is 10.2 Å². The minimum Gasteiger partial charge on any atom is -0.379 e. The van der Waals surface area contributed by atoms with Crippen LogP contribution in [0.1, 0.15) is 18.0 Å². The van der Waals surface area contributed by atoms with Crippen LogP contribution in [0.2, 0.25) is 0 Å². The van der Waals surface area contributed by atoms with Gasteiger partial charge in [-0.25, -0.2) is 4.39 Å². The lowest BCUT2D eigenvalue weighted by Crippen LogP contribution is -2.49. The normalized spacial score (nSPS) is 16.2. The van der Waals surface area contributed by atoms with Crippen molar-refractivity contribution in [3.63, 3.8) is 0 Å². The Morgan fingerprint density at radius 1 is 1.29 bits per heavy atom. The van der Waals surface area contributed by atoms with Crippen LogP contribution < -0.4 is 10.6 Å². The summed E-state index contributed by atoms with van der Waals surface area (Å²) in [5.41, 5.74) is 1.12. The number of anilines is 1. The first-order valence-electron chi connectivity index (χ1n) is 8.79. The predicted octanol–water partition coefficient (Wildman–Crippen LogP) is 3.13. The molecule has 0 spiro atoms. The highest BCUT2D eigenvalue weighted by atomic mass is 35.5. The lowest BCUT2D eigenvalue weighted by atomic mass is 10.0. The third kappa shape index (κ3) is 5.17. The minimum absolute atomic E-state index is 0. The zero-order valence-electron chi connectivity index (χ0n) is 15.1. The van der Waals surface area contributed by atoms with Crippen molar-refractivity contribution in [2.75, 3.05) is 31.5 Å². The number of amides is 1. The van der Waals surface area contributed by atoms with Crippen molar-refractivity contribution >= 4 is 29.7 Å². The number of rotatable bonds is 6. The van der Waals surface area contributed by atoms with Gasteiger partial charge < -0.3 is 15.5 Å². The molecule has 2 N–H and O–H groups in total. The molecule has 3 rings (SSSR count). The van der Waals surface area contributed by atoms with Crippen molar-refractivity contribution < 1.29 is 14.1 Å². The molecule has 1 atom stereocenters. The van der Waals surface area contributed by atoms with E-state index in [4.69, 9.17) is 0 Å². The maximum absolute atomic E-state index is 13.6. The van der Waals surface area contributed by atoms with Gasteiger partial charge >= 0.3 is 0 Å². The lowest BCUT2D eigenvalue weighted by molar-refractivity contribution is -0.384. The van der Waals surface area contributed by atoms with Crippen LogP contribution >= 0.6 is 12.4 Å². The standard InChI is InChI=1S/C19H21FN4O3.ClH/c20-15-5-3-4-14(12-15)18-13-21-10-11-23(18)19(25)8-9-22-16-6-1-2-7-17(16)24(26)27;/h1-7,12,18,21-22H,8-11,13H2;1H. The molecule has 0 aliphatic carbocycles. The molecule has 0 saturated carbocycles. The molecule has 150 valence electrons. The van der Waals surface area contributed by atoms with Crippen molar-refractivity contribution in [2.24, 2.45) is 0 Å². The van der Waals surface area contributed by atoms with Gasteiger partial charge in [-0.2, -0.15) is 0 Å². The van der Waals surface area contributed by atoms with Gasteiger partial charge in [0.2, 0.25) is 5.91 Å². The average Bonchev–Trinajstić information content (AvgIpc) is 2.68. The van der Waals surface area contributed by atoms with Gasteiger partial charge in [-0.05, 0) is 23.8 Å². The van der Waals surface area contributed by atoms with E-state index in [2.05, 4.69) is 10.6 Å². The smallest absolute Gasteiger partial charge is 0.292 e. The van der Waals surface area contributed by atoms with Gasteiger partial charge in [0, 0.05) is 38.7 Å². The van der Waals surface area contributed by atoms with Gasteiger partial charge in [0.05, 0.1) is 11.0 Å². The molecular formula is C19H22ClFN4O3. The van der Waals surface area contributed by atoms with Gasteiger partial charge in [0.1, 0.15) is 11.5 Å². The molecule has 28 heavy (non-hydrogen) atoms. The van der Waals surface area contributed by atoms with E-state index in [0.29, 0.717) is 25.3 Å². The predicted molar refractivity (Wildman–Crippen MR) is 107 cm³/mol. The number of hydrogen-bond acceptors (Lipinski definition) is 5. The molecule has 1 fully saturated rings. The van der Waals surface area contributed by atoms with Gasteiger partial charge in [0.25, 0.3) is 5.69 Å². The number of nitro groups is 1. The molecule has 1 aliphatic heterocycles. The number of hydrogen-bond donors (Lipinski definition) is 2. The van der Waals surface area contributed by atoms with Crippen LogP contribution in [-0.2, 0) is 4.79 Å². The maximum atomic E-state index is 13.6. The molecule has 1 saturated heterocycles. The van der Waals surface area contributed by atoms with Gasteiger partial charge in [-0.3, -0.25) is 14.9 Å². The molecule has 0 aromatic heterocycles. The van der Waals surface area contributed by atoms with E-state index < -0.39 is 4.92 Å². The van der Waals surface area contributed by atoms with Crippen LogP contribution in [0.15, 0.2) is 48.5 Å². The summed E-state index contributed by atoms with van der Waals surface area (Å²) in [6, 6.07) is 12.4. The highest BCUT2D eigenvalue weighted by molar-refractivity contribution is 5.85. The van der Waals surface area contributed by atoms with Crippen LogP contribution in [0.5, 0.6) is 0 Å². The van der Waals surface area contributed by atoms with E-state index in [9.17, 15) is 19.3 Å². The number of halogens is 2. The van der Waals surface area contributed by atoms with Crippen molar-refractivity contribution in [3.05, 3.63) is 70.0 Å². The molecule has 0 radical (unpaired) electrons. The summed E-state index contributed by atoms with van der Waals surface area (Å²) in [5.74, 6) is -0.402. The van der Waals surface area contributed by atoms with E-state index in [-0.39, 0.29) is 48.8 Å². The number of nitro benzene ring substituents is 1. The van der Waals surface area contributed by atoms with E-state index >= 15 is 0 Å². The summed E-state index contributed by atoms with van der Waals surface area (Å²) >= 11 is 0. The highest BCUT2D eigenvalue weighted by Crippen LogP contribution is 2.25. The molecule has 7 nitrogen and oxygen atoms in total. The molecule has 1 unspecified atom stereocenters. The molecule has 0 bridgehead atoms. The maximum Gasteiger partial charge on any atom is 0.292 e. The first-order valence-corrected chi connectivity index (χ1v) is 8.79. The van der Waals surface area contributed by atoms with E-state index in [1.807, 2.05) is 6.07 Å². The lowest BCUT2D eigenvalue weighted by Gasteiger charge is -2.36. The summed E-state index contributed by atoms with van der Waals surface area (Å²) in [4.78, 5) is 25.0. The largest absolute Gasteiger partial charge is 0.379 e. The SMILES string of the molecule is Cl.O=C(CCNc1ccccc1[N+](=O)[O-])N1CCNCC1c1cccc(F)c1. The summed E-state index contributed by atoms with van der Waals surface area (Å²) in [5, 5.41) is 17.2. The topological polar surface area (TPSA) is 87.5 Å². The molecule has 2 aromatic carbocycles. The van der Waals surface area contributed by atoms with Crippen molar-refractivity contribution in [1.29, 1.82) is 0 Å². The molecule has 2 aromatic rings. The molecule has 9 heteroatoms. The molecular weight excluding hydrogens is 387 g/mol. The zero-order valence-corrected chi connectivity index (χ0v) is 16.0. The van der Waals surface area contributed by atoms with Crippen molar-refractivity contribution in [2.45, 2.75) is 12.5 Å². The second kappa shape index (κ2) is 10.0. The second-order valence-electron chi connectivity index (χ2n) is 6.31. The number of nitrogens with zero attached hydrogens (tertiary/aromatic N) is 2. The Bertz CT molecular complexity index is 836. The van der Waals surface area contributed by atoms with Crippen LogP contribution in [0.25, 0.3) is 0 Å². The Labute approximate surface area is 168 Å². The third-order valence-corrected chi connectivity index (χ3v) is 4.55. The van der Waals surface area contributed by atoms with E-state index in [0.717, 1.165) is 5.56 Å². The first kappa shape index (κ1) is 21.6. The van der Waals surface area contributed by atoms with Gasteiger partial charge in [0.15, 0.2) is 0 Å². The molecule has 1 aliphatic rings. The number of carbonyl (C=O) groups excluding carboxylic acids is 1. The summed E-state index contributed by atoms with van der Waals surface area (Å²) in [6.45, 7) is 2.05. The third-order valence-electron chi connectivity index (χ3n) is 4.55. The fourth-order valence-electron chi connectivity index (χ4n) is 3.24. The summed E-state index contributed by atoms with van der Waals surface area (Å²) in [7, 11) is 0. The fourth-order valence-corrected chi connectivity index (χ4v) is 3.24. The van der Waals surface area contributed by atoms with E-state index in [1.165, 1.54) is 18.2 Å². The molecule has 1 heterocycles.